The third-order valence-electron chi connectivity index (χ3n) is 4.71. The minimum Gasteiger partial charge on any atom is -0.481 e. The number of likely N-dealkylation sites (tertiary alicyclic amines) is 1. The number of carbonyl (C=O) groups is 2. The Kier molecular flexibility index (Phi) is 4.83. The van der Waals surface area contributed by atoms with E-state index in [1.54, 1.807) is 12.3 Å². The number of carboxylic acid groups (broad SMARTS) is 1. The maximum absolute atomic E-state index is 13.3. The maximum atomic E-state index is 13.3. The summed E-state index contributed by atoms with van der Waals surface area (Å²) >= 11 is 0. The Balaban J connectivity index is 1.73. The predicted octanol–water partition coefficient (Wildman–Crippen LogP) is 3.10. The SMILES string of the molecule is O=C(O)CC[C@@H]1CCCCN1C(=O)Cc1c[nH]c2cc(F)ccc12. The number of nitrogens with one attached hydrogen (secondary N) is 1. The van der Waals surface area contributed by atoms with Crippen LogP contribution in [0.5, 0.6) is 0 Å². The van der Waals surface area contributed by atoms with Crippen LogP contribution in [0.2, 0.25) is 0 Å². The quantitative estimate of drug-likeness (QED) is 0.883. The maximum Gasteiger partial charge on any atom is 0.303 e. The van der Waals surface area contributed by atoms with Crippen molar-refractivity contribution in [2.45, 2.75) is 44.6 Å². The summed E-state index contributed by atoms with van der Waals surface area (Å²) in [5.41, 5.74) is 1.52. The van der Waals surface area contributed by atoms with Crippen LogP contribution in [0, 0.1) is 5.82 Å². The molecule has 0 radical (unpaired) electrons. The molecule has 3 rings (SSSR count). The average molecular weight is 332 g/mol. The third kappa shape index (κ3) is 3.58. The van der Waals surface area contributed by atoms with E-state index in [4.69, 9.17) is 5.11 Å². The number of halogens is 1. The van der Waals surface area contributed by atoms with Crippen molar-refractivity contribution in [2.75, 3.05) is 6.54 Å². The summed E-state index contributed by atoms with van der Waals surface area (Å²) in [5.74, 6) is -1.13. The molecule has 6 heteroatoms. The van der Waals surface area contributed by atoms with Crippen molar-refractivity contribution in [1.29, 1.82) is 0 Å². The summed E-state index contributed by atoms with van der Waals surface area (Å²) in [6.07, 6.45) is 5.42. The Hall–Kier alpha value is -2.37. The zero-order valence-corrected chi connectivity index (χ0v) is 13.4. The Morgan fingerprint density at radius 1 is 1.33 bits per heavy atom. The summed E-state index contributed by atoms with van der Waals surface area (Å²) in [5, 5.41) is 9.73. The van der Waals surface area contributed by atoms with E-state index in [-0.39, 0.29) is 30.6 Å². The van der Waals surface area contributed by atoms with Gasteiger partial charge < -0.3 is 15.0 Å². The molecule has 0 saturated carbocycles. The molecule has 1 aromatic carbocycles. The summed E-state index contributed by atoms with van der Waals surface area (Å²) in [6.45, 7) is 0.681. The third-order valence-corrected chi connectivity index (χ3v) is 4.71. The van der Waals surface area contributed by atoms with Crippen molar-refractivity contribution in [2.24, 2.45) is 0 Å². The number of H-pyrrole nitrogens is 1. The topological polar surface area (TPSA) is 73.4 Å². The van der Waals surface area contributed by atoms with Gasteiger partial charge in [0.2, 0.25) is 5.91 Å². The van der Waals surface area contributed by atoms with Gasteiger partial charge in [-0.15, -0.1) is 0 Å². The lowest BCUT2D eigenvalue weighted by atomic mass is 9.97. The summed E-state index contributed by atoms with van der Waals surface area (Å²) in [4.78, 5) is 28.4. The van der Waals surface area contributed by atoms with Crippen LogP contribution in [-0.4, -0.2) is 39.5 Å². The lowest BCUT2D eigenvalue weighted by Crippen LogP contribution is -2.44. The Bertz CT molecular complexity index is 756. The van der Waals surface area contributed by atoms with Crippen LogP contribution in [-0.2, 0) is 16.0 Å². The number of aromatic nitrogens is 1. The Morgan fingerprint density at radius 3 is 2.96 bits per heavy atom. The zero-order valence-electron chi connectivity index (χ0n) is 13.4. The molecular formula is C18H21FN2O3. The molecule has 0 aliphatic carbocycles. The Morgan fingerprint density at radius 2 is 2.17 bits per heavy atom. The zero-order chi connectivity index (χ0) is 17.1. The number of hydrogen-bond acceptors (Lipinski definition) is 2. The fraction of sp³-hybridized carbons (Fsp3) is 0.444. The first-order valence-corrected chi connectivity index (χ1v) is 8.31. The molecular weight excluding hydrogens is 311 g/mol. The van der Waals surface area contributed by atoms with E-state index in [9.17, 15) is 14.0 Å². The average Bonchev–Trinajstić information content (AvgIpc) is 2.95. The monoisotopic (exact) mass is 332 g/mol. The second kappa shape index (κ2) is 7.03. The smallest absolute Gasteiger partial charge is 0.303 e. The van der Waals surface area contributed by atoms with E-state index >= 15 is 0 Å². The van der Waals surface area contributed by atoms with E-state index in [1.165, 1.54) is 12.1 Å². The molecule has 1 aliphatic rings. The van der Waals surface area contributed by atoms with Crippen LogP contribution in [0.4, 0.5) is 4.39 Å². The number of amides is 1. The highest BCUT2D eigenvalue weighted by atomic mass is 19.1. The number of fused-ring (bicyclic) bond motifs is 1. The number of aliphatic carboxylic acids is 1. The number of rotatable bonds is 5. The molecule has 1 amide bonds. The normalized spacial score (nSPS) is 18.0. The van der Waals surface area contributed by atoms with Gasteiger partial charge in [-0.2, -0.15) is 0 Å². The molecule has 2 aromatic rings. The summed E-state index contributed by atoms with van der Waals surface area (Å²) < 4.78 is 13.3. The molecule has 1 atom stereocenters. The van der Waals surface area contributed by atoms with Crippen LogP contribution in [0.3, 0.4) is 0 Å². The van der Waals surface area contributed by atoms with Crippen molar-refractivity contribution in [3.8, 4) is 0 Å². The Labute approximate surface area is 139 Å². The molecule has 1 fully saturated rings. The molecule has 1 aromatic heterocycles. The van der Waals surface area contributed by atoms with Gasteiger partial charge >= 0.3 is 5.97 Å². The van der Waals surface area contributed by atoms with E-state index in [1.807, 2.05) is 4.90 Å². The first-order chi connectivity index (χ1) is 11.5. The van der Waals surface area contributed by atoms with Gasteiger partial charge in [0.25, 0.3) is 0 Å². The molecule has 1 aliphatic heterocycles. The summed E-state index contributed by atoms with van der Waals surface area (Å²) in [7, 11) is 0. The predicted molar refractivity (Wildman–Crippen MR) is 88.2 cm³/mol. The van der Waals surface area contributed by atoms with Gasteiger partial charge in [0.1, 0.15) is 5.82 Å². The van der Waals surface area contributed by atoms with E-state index in [0.717, 1.165) is 30.2 Å². The number of carboxylic acids is 1. The fourth-order valence-electron chi connectivity index (χ4n) is 3.49. The number of aromatic amines is 1. The van der Waals surface area contributed by atoms with E-state index in [0.29, 0.717) is 18.5 Å². The molecule has 5 nitrogen and oxygen atoms in total. The molecule has 2 heterocycles. The largest absolute Gasteiger partial charge is 0.481 e. The van der Waals surface area contributed by atoms with Crippen molar-refractivity contribution >= 4 is 22.8 Å². The molecule has 24 heavy (non-hydrogen) atoms. The highest BCUT2D eigenvalue weighted by molar-refractivity contribution is 5.89. The summed E-state index contributed by atoms with van der Waals surface area (Å²) in [6, 6.07) is 4.49. The lowest BCUT2D eigenvalue weighted by Gasteiger charge is -2.35. The van der Waals surface area contributed by atoms with Crippen molar-refractivity contribution < 1.29 is 19.1 Å². The second-order valence-corrected chi connectivity index (χ2v) is 6.35. The minimum absolute atomic E-state index is 0.00463. The second-order valence-electron chi connectivity index (χ2n) is 6.35. The number of piperidine rings is 1. The van der Waals surface area contributed by atoms with E-state index in [2.05, 4.69) is 4.98 Å². The van der Waals surface area contributed by atoms with Crippen LogP contribution in [0.15, 0.2) is 24.4 Å². The van der Waals surface area contributed by atoms with Gasteiger partial charge in [-0.05, 0) is 49.4 Å². The fourth-order valence-corrected chi connectivity index (χ4v) is 3.49. The van der Waals surface area contributed by atoms with Gasteiger partial charge in [-0.1, -0.05) is 0 Å². The first-order valence-electron chi connectivity index (χ1n) is 8.31. The van der Waals surface area contributed by atoms with Crippen LogP contribution in [0.25, 0.3) is 10.9 Å². The molecule has 1 saturated heterocycles. The molecule has 0 bridgehead atoms. The molecule has 128 valence electrons. The first kappa shape index (κ1) is 16.5. The van der Waals surface area contributed by atoms with Crippen LogP contribution < -0.4 is 0 Å². The van der Waals surface area contributed by atoms with Crippen LogP contribution in [0.1, 0.15) is 37.7 Å². The standard InChI is InChI=1S/C18H21FN2O3/c19-13-4-6-15-12(11-20-16(15)10-13)9-17(22)21-8-2-1-3-14(21)5-7-18(23)24/h4,6,10-11,14,20H,1-3,5,7-9H2,(H,23,24)/t14-/m0/s1. The van der Waals surface area contributed by atoms with Gasteiger partial charge in [-0.3, -0.25) is 9.59 Å². The van der Waals surface area contributed by atoms with Gasteiger partial charge in [0.15, 0.2) is 0 Å². The highest BCUT2D eigenvalue weighted by Gasteiger charge is 2.27. The number of carbonyl (C=O) groups excluding carboxylic acids is 1. The number of nitrogens with zero attached hydrogens (tertiary/aromatic N) is 1. The molecule has 2 N–H and O–H groups in total. The number of benzene rings is 1. The van der Waals surface area contributed by atoms with Gasteiger partial charge in [0.05, 0.1) is 6.42 Å². The van der Waals surface area contributed by atoms with E-state index < -0.39 is 5.97 Å². The van der Waals surface area contributed by atoms with Crippen molar-refractivity contribution in [1.82, 2.24) is 9.88 Å². The van der Waals surface area contributed by atoms with Gasteiger partial charge in [0, 0.05) is 36.1 Å². The molecule has 0 spiro atoms. The van der Waals surface area contributed by atoms with Crippen LogP contribution >= 0.6 is 0 Å². The van der Waals surface area contributed by atoms with Crippen molar-refractivity contribution in [3.05, 3.63) is 35.8 Å². The van der Waals surface area contributed by atoms with Crippen molar-refractivity contribution in [3.63, 3.8) is 0 Å². The lowest BCUT2D eigenvalue weighted by molar-refractivity contribution is -0.139. The van der Waals surface area contributed by atoms with Gasteiger partial charge in [-0.25, -0.2) is 4.39 Å². The molecule has 0 unspecified atom stereocenters. The number of hydrogen-bond donors (Lipinski definition) is 2. The highest BCUT2D eigenvalue weighted by Crippen LogP contribution is 2.24. The minimum atomic E-state index is -0.827.